The van der Waals surface area contributed by atoms with Crippen molar-refractivity contribution in [3.8, 4) is 17.0 Å². The maximum Gasteiger partial charge on any atom is 0.251 e. The molecule has 36 heavy (non-hydrogen) atoms. The van der Waals surface area contributed by atoms with Crippen molar-refractivity contribution in [2.75, 3.05) is 32.2 Å². The maximum atomic E-state index is 12.7. The number of aliphatic hydroxyl groups is 1. The molecule has 1 aliphatic carbocycles. The third-order valence-corrected chi connectivity index (χ3v) is 7.10. The van der Waals surface area contributed by atoms with Gasteiger partial charge in [0.2, 0.25) is 5.95 Å². The fourth-order valence-electron chi connectivity index (χ4n) is 4.79. The van der Waals surface area contributed by atoms with E-state index in [1.807, 2.05) is 12.3 Å². The summed E-state index contributed by atoms with van der Waals surface area (Å²) in [6.45, 7) is 3.48. The minimum absolute atomic E-state index is 0.0879. The number of aromatic nitrogens is 3. The van der Waals surface area contributed by atoms with Gasteiger partial charge in [0.15, 0.2) is 0 Å². The van der Waals surface area contributed by atoms with Crippen molar-refractivity contribution in [2.24, 2.45) is 0 Å². The van der Waals surface area contributed by atoms with Gasteiger partial charge in [0.05, 0.1) is 25.1 Å². The monoisotopic (exact) mass is 489 g/mol. The molecule has 9 heteroatoms. The van der Waals surface area contributed by atoms with Crippen LogP contribution in [0.15, 0.2) is 42.7 Å². The number of fused-ring (bicyclic) bond motifs is 1. The third-order valence-electron chi connectivity index (χ3n) is 7.10. The molecule has 0 radical (unpaired) electrons. The van der Waals surface area contributed by atoms with Crippen molar-refractivity contribution in [2.45, 2.75) is 44.1 Å². The Bertz CT molecular complexity index is 1260. The standard InChI is InChI=1S/C27H31N5O4/c1-27(16-33)9-5-22-20(27)13-18(15-29-22)21-6-10-28-26(31-21)32-23-4-3-17(14-24(23)35-2)25(34)30-19-7-11-36-12-8-19/h3-4,6,10,13-15,19,33H,5,7-9,11-12,16H2,1-2H3,(H,30,34)(H,28,31,32). The Morgan fingerprint density at radius 2 is 2.06 bits per heavy atom. The largest absolute Gasteiger partial charge is 0.495 e. The second-order valence-corrected chi connectivity index (χ2v) is 9.60. The molecule has 9 nitrogen and oxygen atoms in total. The summed E-state index contributed by atoms with van der Waals surface area (Å²) in [6.07, 6.45) is 6.89. The molecule has 5 rings (SSSR count). The van der Waals surface area contributed by atoms with Crippen LogP contribution in [0.5, 0.6) is 5.75 Å². The highest BCUT2D eigenvalue weighted by molar-refractivity contribution is 5.95. The van der Waals surface area contributed by atoms with E-state index < -0.39 is 0 Å². The molecule has 1 fully saturated rings. The van der Waals surface area contributed by atoms with Crippen LogP contribution in [0.2, 0.25) is 0 Å². The first kappa shape index (κ1) is 24.1. The fourth-order valence-corrected chi connectivity index (χ4v) is 4.79. The first-order valence-corrected chi connectivity index (χ1v) is 12.3. The van der Waals surface area contributed by atoms with E-state index in [2.05, 4.69) is 38.6 Å². The Hall–Kier alpha value is -3.56. The van der Waals surface area contributed by atoms with Crippen LogP contribution in [0.25, 0.3) is 11.3 Å². The number of nitrogens with one attached hydrogen (secondary N) is 2. The fraction of sp³-hybridized carbons (Fsp3) is 0.407. The lowest BCUT2D eigenvalue weighted by atomic mass is 9.85. The first-order chi connectivity index (χ1) is 17.5. The lowest BCUT2D eigenvalue weighted by molar-refractivity contribution is 0.0696. The van der Waals surface area contributed by atoms with Gasteiger partial charge in [-0.05, 0) is 61.6 Å². The quantitative estimate of drug-likeness (QED) is 0.462. The molecule has 0 bridgehead atoms. The number of amides is 1. The van der Waals surface area contributed by atoms with E-state index in [-0.39, 0.29) is 24.0 Å². The molecule has 3 heterocycles. The SMILES string of the molecule is COc1cc(C(=O)NC2CCOCC2)ccc1Nc1nccc(-c2cnc3c(c2)C(C)(CO)CC3)n1. The number of hydrogen-bond donors (Lipinski definition) is 3. The molecule has 3 aromatic rings. The molecule has 1 aromatic carbocycles. The van der Waals surface area contributed by atoms with Gasteiger partial charge < -0.3 is 25.2 Å². The van der Waals surface area contributed by atoms with Gasteiger partial charge in [0.1, 0.15) is 5.75 Å². The smallest absolute Gasteiger partial charge is 0.251 e. The summed E-state index contributed by atoms with van der Waals surface area (Å²) in [6, 6.07) is 9.28. The molecule has 3 N–H and O–H groups in total. The lowest BCUT2D eigenvalue weighted by Gasteiger charge is -2.23. The summed E-state index contributed by atoms with van der Waals surface area (Å²) in [5.41, 5.74) is 4.60. The van der Waals surface area contributed by atoms with Crippen LogP contribution < -0.4 is 15.4 Å². The summed E-state index contributed by atoms with van der Waals surface area (Å²) in [7, 11) is 1.56. The molecule has 1 aliphatic heterocycles. The number of hydrogen-bond acceptors (Lipinski definition) is 8. The van der Waals surface area contributed by atoms with Gasteiger partial charge in [-0.25, -0.2) is 9.97 Å². The van der Waals surface area contributed by atoms with Crippen LogP contribution in [0.3, 0.4) is 0 Å². The predicted octanol–water partition coefficient (Wildman–Crippen LogP) is 3.40. The number of anilines is 2. The lowest BCUT2D eigenvalue weighted by Crippen LogP contribution is -2.38. The summed E-state index contributed by atoms with van der Waals surface area (Å²) in [4.78, 5) is 26.4. The van der Waals surface area contributed by atoms with E-state index in [4.69, 9.17) is 9.47 Å². The molecule has 1 atom stereocenters. The van der Waals surface area contributed by atoms with E-state index in [0.29, 0.717) is 36.2 Å². The molecule has 2 aliphatic rings. The minimum atomic E-state index is -0.279. The zero-order chi connectivity index (χ0) is 25.1. The highest BCUT2D eigenvalue weighted by Gasteiger charge is 2.35. The van der Waals surface area contributed by atoms with Crippen LogP contribution in [-0.4, -0.2) is 58.9 Å². The zero-order valence-corrected chi connectivity index (χ0v) is 20.6. The van der Waals surface area contributed by atoms with Crippen LogP contribution in [0.4, 0.5) is 11.6 Å². The topological polar surface area (TPSA) is 118 Å². The first-order valence-electron chi connectivity index (χ1n) is 12.3. The van der Waals surface area contributed by atoms with Crippen molar-refractivity contribution in [3.63, 3.8) is 0 Å². The number of ether oxygens (including phenoxy) is 2. The molecular formula is C27H31N5O4. The van der Waals surface area contributed by atoms with Gasteiger partial charge >= 0.3 is 0 Å². The second-order valence-electron chi connectivity index (χ2n) is 9.60. The predicted molar refractivity (Wildman–Crippen MR) is 136 cm³/mol. The Kier molecular flexibility index (Phi) is 6.84. The highest BCUT2D eigenvalue weighted by atomic mass is 16.5. The number of pyridine rings is 1. The number of aryl methyl sites for hydroxylation is 1. The maximum absolute atomic E-state index is 12.7. The van der Waals surface area contributed by atoms with Gasteiger partial charge in [-0.3, -0.25) is 9.78 Å². The Labute approximate surface area is 210 Å². The molecule has 0 spiro atoms. The number of nitrogens with zero attached hydrogens (tertiary/aromatic N) is 3. The van der Waals surface area contributed by atoms with Gasteiger partial charge in [-0.2, -0.15) is 0 Å². The average molecular weight is 490 g/mol. The zero-order valence-electron chi connectivity index (χ0n) is 20.6. The molecule has 188 valence electrons. The van der Waals surface area contributed by atoms with Crippen molar-refractivity contribution in [1.82, 2.24) is 20.3 Å². The number of rotatable bonds is 7. The molecule has 0 saturated carbocycles. The van der Waals surface area contributed by atoms with Gasteiger partial charge in [0.25, 0.3) is 5.91 Å². The number of aliphatic hydroxyl groups excluding tert-OH is 1. The van der Waals surface area contributed by atoms with Gasteiger partial charge in [-0.1, -0.05) is 6.92 Å². The molecule has 1 saturated heterocycles. The Morgan fingerprint density at radius 3 is 2.83 bits per heavy atom. The van der Waals surface area contributed by atoms with Crippen molar-refractivity contribution in [1.29, 1.82) is 0 Å². The molecule has 1 amide bonds. The van der Waals surface area contributed by atoms with Crippen LogP contribution >= 0.6 is 0 Å². The number of benzene rings is 1. The average Bonchev–Trinajstić information content (AvgIpc) is 3.26. The summed E-state index contributed by atoms with van der Waals surface area (Å²) < 4.78 is 10.9. The van der Waals surface area contributed by atoms with E-state index in [1.54, 1.807) is 31.5 Å². The highest BCUT2D eigenvalue weighted by Crippen LogP contribution is 2.39. The third kappa shape index (κ3) is 4.89. The van der Waals surface area contributed by atoms with Crippen LogP contribution in [0, 0.1) is 0 Å². The van der Waals surface area contributed by atoms with Gasteiger partial charge in [-0.15, -0.1) is 0 Å². The van der Waals surface area contributed by atoms with Gasteiger partial charge in [0, 0.05) is 53.9 Å². The van der Waals surface area contributed by atoms with E-state index in [1.165, 1.54) is 0 Å². The molecular weight excluding hydrogens is 458 g/mol. The van der Waals surface area contributed by atoms with Crippen LogP contribution in [-0.2, 0) is 16.6 Å². The van der Waals surface area contributed by atoms with Crippen molar-refractivity contribution in [3.05, 3.63) is 59.5 Å². The molecule has 2 aromatic heterocycles. The van der Waals surface area contributed by atoms with E-state index in [0.717, 1.165) is 48.2 Å². The minimum Gasteiger partial charge on any atom is -0.495 e. The summed E-state index contributed by atoms with van der Waals surface area (Å²) in [5.74, 6) is 0.779. The molecule has 1 unspecified atom stereocenters. The number of carbonyl (C=O) groups is 1. The summed E-state index contributed by atoms with van der Waals surface area (Å²) >= 11 is 0. The second kappa shape index (κ2) is 10.2. The Balaban J connectivity index is 1.34. The number of methoxy groups -OCH3 is 1. The normalized spacial score (nSPS) is 19.5. The number of carbonyl (C=O) groups excluding carboxylic acids is 1. The van der Waals surface area contributed by atoms with Crippen molar-refractivity contribution >= 4 is 17.5 Å². The van der Waals surface area contributed by atoms with Crippen LogP contribution in [0.1, 0.15) is 47.8 Å². The van der Waals surface area contributed by atoms with Crippen molar-refractivity contribution < 1.29 is 19.4 Å². The Morgan fingerprint density at radius 1 is 1.22 bits per heavy atom. The van der Waals surface area contributed by atoms with E-state index >= 15 is 0 Å². The summed E-state index contributed by atoms with van der Waals surface area (Å²) in [5, 5.41) is 16.2. The van der Waals surface area contributed by atoms with E-state index in [9.17, 15) is 9.90 Å².